The summed E-state index contributed by atoms with van der Waals surface area (Å²) < 4.78 is 15.1. The molecule has 2 N–H and O–H groups in total. The standard InChI is InChI=1S/C18H20N2O7/c1-3-25-18(24)20-13-4-5-14-12(8-17(23)27-15(14)9-13)10-26-16(22)6-7-19-11(2)21/h4-5,8-9H,3,6-7,10H2,1-2H3,(H,19,21)(H,20,24). The molecule has 9 nitrogen and oxygen atoms in total. The van der Waals surface area contributed by atoms with E-state index in [4.69, 9.17) is 13.9 Å². The minimum atomic E-state index is -0.622. The number of hydrogen-bond donors (Lipinski definition) is 2. The average molecular weight is 376 g/mol. The molecule has 1 aromatic carbocycles. The number of esters is 1. The second-order valence-corrected chi connectivity index (χ2v) is 5.54. The van der Waals surface area contributed by atoms with Crippen LogP contribution in [-0.4, -0.2) is 31.1 Å². The zero-order valence-corrected chi connectivity index (χ0v) is 15.0. The van der Waals surface area contributed by atoms with Crippen LogP contribution in [0.15, 0.2) is 33.5 Å². The molecule has 0 unspecified atom stereocenters. The molecule has 144 valence electrons. The maximum atomic E-state index is 11.8. The van der Waals surface area contributed by atoms with Crippen molar-refractivity contribution in [3.05, 3.63) is 40.2 Å². The first-order valence-electron chi connectivity index (χ1n) is 8.29. The number of carbonyl (C=O) groups excluding carboxylic acids is 3. The molecule has 2 amide bonds. The van der Waals surface area contributed by atoms with Crippen LogP contribution < -0.4 is 16.3 Å². The van der Waals surface area contributed by atoms with Crippen LogP contribution in [0.2, 0.25) is 0 Å². The molecule has 27 heavy (non-hydrogen) atoms. The van der Waals surface area contributed by atoms with Gasteiger partial charge in [-0.3, -0.25) is 14.9 Å². The Labute approximate surface area is 154 Å². The predicted molar refractivity (Wildman–Crippen MR) is 96.2 cm³/mol. The van der Waals surface area contributed by atoms with E-state index in [-0.39, 0.29) is 37.7 Å². The Morgan fingerprint density at radius 2 is 1.93 bits per heavy atom. The molecule has 0 fully saturated rings. The Morgan fingerprint density at radius 3 is 2.63 bits per heavy atom. The number of nitrogens with one attached hydrogen (secondary N) is 2. The van der Waals surface area contributed by atoms with Crippen molar-refractivity contribution in [1.29, 1.82) is 0 Å². The molecule has 9 heteroatoms. The molecule has 0 spiro atoms. The Morgan fingerprint density at radius 1 is 1.15 bits per heavy atom. The molecule has 0 bridgehead atoms. The normalized spacial score (nSPS) is 10.3. The van der Waals surface area contributed by atoms with Gasteiger partial charge in [0.15, 0.2) is 0 Å². The first-order valence-corrected chi connectivity index (χ1v) is 8.29. The number of amides is 2. The molecule has 1 heterocycles. The third-order valence-electron chi connectivity index (χ3n) is 3.44. The quantitative estimate of drug-likeness (QED) is 0.559. The Kier molecular flexibility index (Phi) is 6.93. The monoisotopic (exact) mass is 376 g/mol. The van der Waals surface area contributed by atoms with E-state index in [2.05, 4.69) is 10.6 Å². The summed E-state index contributed by atoms with van der Waals surface area (Å²) in [6, 6.07) is 5.97. The van der Waals surface area contributed by atoms with E-state index in [1.165, 1.54) is 19.1 Å². The van der Waals surface area contributed by atoms with Gasteiger partial charge in [0.1, 0.15) is 12.2 Å². The van der Waals surface area contributed by atoms with Crippen LogP contribution in [0.3, 0.4) is 0 Å². The van der Waals surface area contributed by atoms with Crippen molar-refractivity contribution >= 4 is 34.6 Å². The number of benzene rings is 1. The van der Waals surface area contributed by atoms with Gasteiger partial charge in [0, 0.05) is 42.2 Å². The lowest BCUT2D eigenvalue weighted by molar-refractivity contribution is -0.144. The number of ether oxygens (including phenoxy) is 2. The lowest BCUT2D eigenvalue weighted by Gasteiger charge is -2.09. The Balaban J connectivity index is 2.10. The second-order valence-electron chi connectivity index (χ2n) is 5.54. The van der Waals surface area contributed by atoms with Crippen LogP contribution in [0.5, 0.6) is 0 Å². The number of rotatable bonds is 7. The summed E-state index contributed by atoms with van der Waals surface area (Å²) in [5.41, 5.74) is 0.492. The summed E-state index contributed by atoms with van der Waals surface area (Å²) in [7, 11) is 0. The van der Waals surface area contributed by atoms with Gasteiger partial charge >= 0.3 is 17.7 Å². The SMILES string of the molecule is CCOC(=O)Nc1ccc2c(COC(=O)CCNC(C)=O)cc(=O)oc2c1. The highest BCUT2D eigenvalue weighted by Gasteiger charge is 2.11. The smallest absolute Gasteiger partial charge is 0.411 e. The maximum Gasteiger partial charge on any atom is 0.411 e. The van der Waals surface area contributed by atoms with Crippen LogP contribution in [0.1, 0.15) is 25.8 Å². The van der Waals surface area contributed by atoms with Gasteiger partial charge in [-0.1, -0.05) is 0 Å². The minimum Gasteiger partial charge on any atom is -0.461 e. The summed E-state index contributed by atoms with van der Waals surface area (Å²) in [5, 5.41) is 5.58. The van der Waals surface area contributed by atoms with E-state index in [9.17, 15) is 19.2 Å². The van der Waals surface area contributed by atoms with Gasteiger partial charge in [0.2, 0.25) is 5.91 Å². The lowest BCUT2D eigenvalue weighted by Crippen LogP contribution is -2.23. The summed E-state index contributed by atoms with van der Waals surface area (Å²) in [4.78, 5) is 45.7. The molecule has 0 aliphatic heterocycles. The van der Waals surface area contributed by atoms with E-state index in [1.807, 2.05) is 0 Å². The van der Waals surface area contributed by atoms with Crippen molar-refractivity contribution in [3.63, 3.8) is 0 Å². The number of anilines is 1. The first-order chi connectivity index (χ1) is 12.9. The Bertz CT molecular complexity index is 904. The Hall–Kier alpha value is -3.36. The molecule has 2 rings (SSSR count). The van der Waals surface area contributed by atoms with Crippen molar-refractivity contribution in [2.45, 2.75) is 26.9 Å². The van der Waals surface area contributed by atoms with Crippen LogP contribution in [0.25, 0.3) is 11.0 Å². The van der Waals surface area contributed by atoms with E-state index < -0.39 is 17.7 Å². The van der Waals surface area contributed by atoms with Crippen LogP contribution in [-0.2, 0) is 25.7 Å². The molecule has 0 aliphatic rings. The van der Waals surface area contributed by atoms with Gasteiger partial charge in [-0.2, -0.15) is 0 Å². The van der Waals surface area contributed by atoms with Gasteiger partial charge in [0.25, 0.3) is 0 Å². The lowest BCUT2D eigenvalue weighted by atomic mass is 10.1. The van der Waals surface area contributed by atoms with Crippen molar-refractivity contribution in [2.24, 2.45) is 0 Å². The van der Waals surface area contributed by atoms with Gasteiger partial charge in [-0.15, -0.1) is 0 Å². The average Bonchev–Trinajstić information content (AvgIpc) is 2.59. The molecule has 0 atom stereocenters. The molecule has 0 aliphatic carbocycles. The van der Waals surface area contributed by atoms with Crippen molar-refractivity contribution in [2.75, 3.05) is 18.5 Å². The van der Waals surface area contributed by atoms with Crippen molar-refractivity contribution < 1.29 is 28.3 Å². The zero-order chi connectivity index (χ0) is 19.8. The number of fused-ring (bicyclic) bond motifs is 1. The van der Waals surface area contributed by atoms with Crippen LogP contribution in [0.4, 0.5) is 10.5 Å². The molecule has 2 aromatic rings. The molecule has 0 saturated carbocycles. The number of hydrogen-bond acceptors (Lipinski definition) is 7. The van der Waals surface area contributed by atoms with E-state index in [1.54, 1.807) is 19.1 Å². The highest BCUT2D eigenvalue weighted by Crippen LogP contribution is 2.22. The molecular weight excluding hydrogens is 356 g/mol. The van der Waals surface area contributed by atoms with E-state index in [0.717, 1.165) is 0 Å². The predicted octanol–water partition coefficient (Wildman–Crippen LogP) is 1.93. The fraction of sp³-hybridized carbons (Fsp3) is 0.333. The topological polar surface area (TPSA) is 124 Å². The third kappa shape index (κ3) is 6.14. The maximum absolute atomic E-state index is 11.8. The summed E-state index contributed by atoms with van der Waals surface area (Å²) >= 11 is 0. The highest BCUT2D eigenvalue weighted by molar-refractivity contribution is 5.90. The highest BCUT2D eigenvalue weighted by atomic mass is 16.5. The van der Waals surface area contributed by atoms with Gasteiger partial charge in [-0.05, 0) is 19.1 Å². The second kappa shape index (κ2) is 9.37. The fourth-order valence-electron chi connectivity index (χ4n) is 2.28. The fourth-order valence-corrected chi connectivity index (χ4v) is 2.28. The van der Waals surface area contributed by atoms with Crippen molar-refractivity contribution in [3.8, 4) is 0 Å². The summed E-state index contributed by atoms with van der Waals surface area (Å²) in [6.07, 6.45) is -0.601. The molecule has 0 saturated heterocycles. The largest absolute Gasteiger partial charge is 0.461 e. The zero-order valence-electron chi connectivity index (χ0n) is 15.0. The molecule has 0 radical (unpaired) electrons. The first kappa shape index (κ1) is 20.0. The van der Waals surface area contributed by atoms with Crippen LogP contribution in [0, 0.1) is 0 Å². The number of carbonyl (C=O) groups is 3. The summed E-state index contributed by atoms with van der Waals surface area (Å²) in [6.45, 7) is 3.32. The van der Waals surface area contributed by atoms with Gasteiger partial charge in [-0.25, -0.2) is 9.59 Å². The van der Waals surface area contributed by atoms with Crippen molar-refractivity contribution in [1.82, 2.24) is 5.32 Å². The summed E-state index contributed by atoms with van der Waals surface area (Å²) in [5.74, 6) is -0.743. The van der Waals surface area contributed by atoms with Gasteiger partial charge in [0.05, 0.1) is 13.0 Å². The van der Waals surface area contributed by atoms with Gasteiger partial charge < -0.3 is 19.2 Å². The third-order valence-corrected chi connectivity index (χ3v) is 3.44. The van der Waals surface area contributed by atoms with E-state index >= 15 is 0 Å². The van der Waals surface area contributed by atoms with Crippen LogP contribution >= 0.6 is 0 Å². The molecular formula is C18H20N2O7. The minimum absolute atomic E-state index is 0.0204. The van der Waals surface area contributed by atoms with E-state index in [0.29, 0.717) is 16.6 Å². The molecule has 1 aromatic heterocycles.